The highest BCUT2D eigenvalue weighted by atomic mass is 32.2. The molecule has 37 heavy (non-hydrogen) atoms. The molecular weight excluding hydrogens is 522 g/mol. The summed E-state index contributed by atoms with van der Waals surface area (Å²) in [6.07, 6.45) is 0.120. The van der Waals surface area contributed by atoms with Crippen molar-refractivity contribution < 1.29 is 35.3 Å². The zero-order chi connectivity index (χ0) is 27.1. The van der Waals surface area contributed by atoms with Crippen molar-refractivity contribution in [1.29, 1.82) is 0 Å². The fourth-order valence-corrected chi connectivity index (χ4v) is 5.82. The number of benzene rings is 1. The van der Waals surface area contributed by atoms with Crippen LogP contribution in [0.4, 0.5) is 37.0 Å². The minimum Gasteiger partial charge on any atom is -0.354 e. The van der Waals surface area contributed by atoms with E-state index in [1.54, 1.807) is 9.80 Å². The predicted molar refractivity (Wildman–Crippen MR) is 128 cm³/mol. The van der Waals surface area contributed by atoms with Crippen LogP contribution in [0.15, 0.2) is 29.3 Å². The van der Waals surface area contributed by atoms with E-state index >= 15 is 0 Å². The Morgan fingerprint density at radius 3 is 2.24 bits per heavy atom. The SMILES string of the molecule is C[SH](C)(=O)c1cc(F)c(CN2CCCN(C3CCN(c4ncc(C(F)(F)F)cc4F)CC3)C2=O)cc1F. The maximum Gasteiger partial charge on any atom is 0.417 e. The summed E-state index contributed by atoms with van der Waals surface area (Å²) >= 11 is 0. The number of nitrogens with zero attached hydrogens (tertiary/aromatic N) is 4. The number of halogens is 6. The highest BCUT2D eigenvalue weighted by Crippen LogP contribution is 2.32. The fraction of sp³-hybridized carbons (Fsp3) is 0.500. The largest absolute Gasteiger partial charge is 0.417 e. The van der Waals surface area contributed by atoms with Crippen molar-refractivity contribution in [1.82, 2.24) is 14.8 Å². The van der Waals surface area contributed by atoms with Gasteiger partial charge in [-0.3, -0.25) is 4.21 Å². The van der Waals surface area contributed by atoms with Gasteiger partial charge in [-0.05, 0) is 50.0 Å². The predicted octanol–water partition coefficient (Wildman–Crippen LogP) is 4.45. The van der Waals surface area contributed by atoms with Crippen molar-refractivity contribution in [2.75, 3.05) is 43.6 Å². The summed E-state index contributed by atoms with van der Waals surface area (Å²) < 4.78 is 94.1. The van der Waals surface area contributed by atoms with Gasteiger partial charge in [0, 0.05) is 44.0 Å². The van der Waals surface area contributed by atoms with Gasteiger partial charge in [-0.15, -0.1) is 0 Å². The fourth-order valence-electron chi connectivity index (χ4n) is 4.82. The molecule has 0 unspecified atom stereocenters. The van der Waals surface area contributed by atoms with Crippen molar-refractivity contribution in [3.05, 3.63) is 53.0 Å². The number of thiol groups is 1. The van der Waals surface area contributed by atoms with E-state index < -0.39 is 39.1 Å². The maximum atomic E-state index is 14.7. The van der Waals surface area contributed by atoms with Crippen LogP contribution in [0.1, 0.15) is 30.4 Å². The smallest absolute Gasteiger partial charge is 0.354 e. The molecule has 0 atom stereocenters. The molecule has 4 rings (SSSR count). The van der Waals surface area contributed by atoms with Crippen LogP contribution in [-0.2, 0) is 22.7 Å². The van der Waals surface area contributed by atoms with Gasteiger partial charge in [0.05, 0.1) is 17.0 Å². The minimum absolute atomic E-state index is 0.0106. The van der Waals surface area contributed by atoms with Crippen LogP contribution in [0.5, 0.6) is 0 Å². The third-order valence-electron chi connectivity index (χ3n) is 6.75. The molecule has 0 spiro atoms. The Kier molecular flexibility index (Phi) is 7.46. The summed E-state index contributed by atoms with van der Waals surface area (Å²) in [7, 11) is -3.01. The molecule has 2 amide bonds. The third-order valence-corrected chi connectivity index (χ3v) is 8.26. The molecule has 13 heteroatoms. The van der Waals surface area contributed by atoms with Gasteiger partial charge in [-0.2, -0.15) is 13.2 Å². The van der Waals surface area contributed by atoms with Gasteiger partial charge in [0.25, 0.3) is 0 Å². The topological polar surface area (TPSA) is 56.8 Å². The molecule has 0 saturated carbocycles. The van der Waals surface area contributed by atoms with Crippen molar-refractivity contribution in [2.45, 2.75) is 42.9 Å². The molecule has 2 saturated heterocycles. The number of hydrogen-bond donors (Lipinski definition) is 1. The van der Waals surface area contributed by atoms with Gasteiger partial charge in [0.2, 0.25) is 0 Å². The number of hydrogen-bond acceptors (Lipinski definition) is 4. The highest BCUT2D eigenvalue weighted by Gasteiger charge is 2.36. The van der Waals surface area contributed by atoms with Crippen LogP contribution in [0.25, 0.3) is 0 Å². The van der Waals surface area contributed by atoms with Gasteiger partial charge >= 0.3 is 12.2 Å². The minimum atomic E-state index is -4.69. The molecule has 0 radical (unpaired) electrons. The molecule has 2 fully saturated rings. The van der Waals surface area contributed by atoms with E-state index in [0.717, 1.165) is 12.1 Å². The summed E-state index contributed by atoms with van der Waals surface area (Å²) in [5, 5.41) is 0. The molecule has 0 bridgehead atoms. The van der Waals surface area contributed by atoms with Crippen LogP contribution in [0.3, 0.4) is 0 Å². The maximum absolute atomic E-state index is 14.7. The molecular formula is C24H28F6N4O2S. The van der Waals surface area contributed by atoms with Crippen molar-refractivity contribution in [3.8, 4) is 0 Å². The molecule has 204 valence electrons. The lowest BCUT2D eigenvalue weighted by Crippen LogP contribution is -2.55. The zero-order valence-corrected chi connectivity index (χ0v) is 21.3. The van der Waals surface area contributed by atoms with E-state index in [9.17, 15) is 35.3 Å². The first-order valence-corrected chi connectivity index (χ1v) is 14.4. The van der Waals surface area contributed by atoms with E-state index in [0.29, 0.717) is 57.7 Å². The number of piperidine rings is 1. The first-order valence-electron chi connectivity index (χ1n) is 11.8. The van der Waals surface area contributed by atoms with Crippen LogP contribution in [0.2, 0.25) is 0 Å². The van der Waals surface area contributed by atoms with Crippen LogP contribution < -0.4 is 4.90 Å². The van der Waals surface area contributed by atoms with Gasteiger partial charge in [0.15, 0.2) is 11.6 Å². The Labute approximate surface area is 211 Å². The van der Waals surface area contributed by atoms with Gasteiger partial charge in [-0.1, -0.05) is 9.93 Å². The number of anilines is 1. The third kappa shape index (κ3) is 5.86. The van der Waals surface area contributed by atoms with Crippen molar-refractivity contribution in [3.63, 3.8) is 0 Å². The number of pyridine rings is 1. The Morgan fingerprint density at radius 2 is 1.65 bits per heavy atom. The molecule has 0 N–H and O–H groups in total. The molecule has 2 aromatic rings. The highest BCUT2D eigenvalue weighted by molar-refractivity contribution is 8.01. The average molecular weight is 551 g/mol. The van der Waals surface area contributed by atoms with Crippen molar-refractivity contribution >= 4 is 21.8 Å². The average Bonchev–Trinajstić information content (AvgIpc) is 2.81. The number of rotatable bonds is 5. The number of carbonyl (C=O) groups excluding carboxylic acids is 1. The standard InChI is InChI=1S/C24H28F6N4O2S/c1-37(2,36)21-12-18(25)15(10-19(21)26)14-33-6-3-7-34(23(33)35)17-4-8-32(9-5-17)22-20(27)11-16(13-31-22)24(28,29)30/h10-13,17,37H,3-9,14H2,1-2H3. The summed E-state index contributed by atoms with van der Waals surface area (Å²) in [5.74, 6) is -2.73. The Morgan fingerprint density at radius 1 is 0.973 bits per heavy atom. The zero-order valence-electron chi connectivity index (χ0n) is 20.4. The lowest BCUT2D eigenvalue weighted by atomic mass is 10.0. The Bertz CT molecular complexity index is 1230. The molecule has 6 nitrogen and oxygen atoms in total. The molecule has 1 aromatic heterocycles. The molecule has 0 aliphatic carbocycles. The number of carbonyl (C=O) groups is 1. The van der Waals surface area contributed by atoms with Gasteiger partial charge in [-0.25, -0.2) is 22.9 Å². The first-order chi connectivity index (χ1) is 17.3. The summed E-state index contributed by atoms with van der Waals surface area (Å²) in [5.41, 5.74) is -1.17. The lowest BCUT2D eigenvalue weighted by molar-refractivity contribution is -0.138. The van der Waals surface area contributed by atoms with Crippen LogP contribution >= 0.6 is 0 Å². The van der Waals surface area contributed by atoms with E-state index in [1.807, 2.05) is 0 Å². The second kappa shape index (κ2) is 10.1. The number of aromatic nitrogens is 1. The van der Waals surface area contributed by atoms with Crippen LogP contribution in [-0.4, -0.2) is 69.8 Å². The summed E-state index contributed by atoms with van der Waals surface area (Å²) in [4.78, 5) is 21.3. The van der Waals surface area contributed by atoms with Crippen molar-refractivity contribution in [2.24, 2.45) is 0 Å². The molecule has 1 aromatic carbocycles. The first kappa shape index (κ1) is 27.2. The lowest BCUT2D eigenvalue weighted by Gasteiger charge is -2.43. The second-order valence-electron chi connectivity index (χ2n) is 9.74. The monoisotopic (exact) mass is 550 g/mol. The molecule has 3 heterocycles. The van der Waals surface area contributed by atoms with E-state index in [2.05, 4.69) is 4.98 Å². The van der Waals surface area contributed by atoms with E-state index in [4.69, 9.17) is 0 Å². The van der Waals surface area contributed by atoms with Gasteiger partial charge < -0.3 is 14.7 Å². The Hall–Kier alpha value is -2.83. The molecule has 2 aliphatic heterocycles. The summed E-state index contributed by atoms with van der Waals surface area (Å²) in [6.45, 7) is 1.27. The summed E-state index contributed by atoms with van der Waals surface area (Å²) in [6, 6.07) is 1.82. The quantitative estimate of drug-likeness (QED) is 0.442. The second-order valence-corrected chi connectivity index (χ2v) is 12.9. The molecule has 2 aliphatic rings. The van der Waals surface area contributed by atoms with Gasteiger partial charge in [0.1, 0.15) is 11.6 Å². The van der Waals surface area contributed by atoms with E-state index in [-0.39, 0.29) is 34.9 Å². The van der Waals surface area contributed by atoms with E-state index in [1.165, 1.54) is 17.4 Å². The Balaban J connectivity index is 1.41. The number of amides is 2. The normalized spacial score (nSPS) is 18.5. The van der Waals surface area contributed by atoms with Crippen LogP contribution in [0, 0.1) is 17.5 Å². The number of urea groups is 1. The number of alkyl halides is 3.